The second-order valence-corrected chi connectivity index (χ2v) is 3.77. The van der Waals surface area contributed by atoms with Gasteiger partial charge in [-0.15, -0.1) is 0 Å². The van der Waals surface area contributed by atoms with Crippen molar-refractivity contribution in [3.63, 3.8) is 0 Å². The summed E-state index contributed by atoms with van der Waals surface area (Å²) in [5.74, 6) is 1.92. The Morgan fingerprint density at radius 1 is 1.19 bits per heavy atom. The molecular weight excluding hydrogens is 214 g/mol. The van der Waals surface area contributed by atoms with Crippen LogP contribution in [0.25, 0.3) is 0 Å². The second kappa shape index (κ2) is 3.26. The van der Waals surface area contributed by atoms with Crippen molar-refractivity contribution >= 4 is 0 Å². The monoisotopic (exact) mass is 223 g/mol. The number of rotatable bonds is 1. The number of nitro groups is 1. The molecule has 0 saturated heterocycles. The van der Waals surface area contributed by atoms with Crippen LogP contribution in [0.4, 0.5) is 0 Å². The van der Waals surface area contributed by atoms with Crippen molar-refractivity contribution in [2.75, 3.05) is 13.4 Å². The summed E-state index contributed by atoms with van der Waals surface area (Å²) >= 11 is 0. The van der Waals surface area contributed by atoms with Crippen LogP contribution in [-0.2, 0) is 6.42 Å². The van der Waals surface area contributed by atoms with E-state index in [9.17, 15) is 10.1 Å². The fourth-order valence-corrected chi connectivity index (χ4v) is 1.89. The van der Waals surface area contributed by atoms with Gasteiger partial charge in [-0.2, -0.15) is 0 Å². The van der Waals surface area contributed by atoms with E-state index in [1.54, 1.807) is 12.1 Å². The summed E-state index contributed by atoms with van der Waals surface area (Å²) in [6.45, 7) is 0.302. The summed E-state index contributed by atoms with van der Waals surface area (Å²) in [5.41, 5.74) is 0.803. The Hall–Kier alpha value is -1.98. The Bertz CT molecular complexity index is 459. The lowest BCUT2D eigenvalue weighted by atomic mass is 10.0. The van der Waals surface area contributed by atoms with Gasteiger partial charge in [0.25, 0.3) is 6.04 Å². The number of ether oxygens (including phenoxy) is 3. The van der Waals surface area contributed by atoms with E-state index in [0.717, 1.165) is 5.56 Å². The van der Waals surface area contributed by atoms with Gasteiger partial charge in [0.1, 0.15) is 5.75 Å². The van der Waals surface area contributed by atoms with Gasteiger partial charge in [-0.05, 0) is 6.07 Å². The Balaban J connectivity index is 1.96. The first-order valence-electron chi connectivity index (χ1n) is 4.93. The van der Waals surface area contributed by atoms with E-state index >= 15 is 0 Å². The quantitative estimate of drug-likeness (QED) is 0.524. The van der Waals surface area contributed by atoms with Crippen LogP contribution in [0, 0.1) is 10.1 Å². The van der Waals surface area contributed by atoms with Crippen LogP contribution in [0.1, 0.15) is 5.56 Å². The summed E-state index contributed by atoms with van der Waals surface area (Å²) in [6.07, 6.45) is 0.374. The third-order valence-corrected chi connectivity index (χ3v) is 2.74. The molecule has 0 saturated carbocycles. The van der Waals surface area contributed by atoms with Crippen molar-refractivity contribution in [2.45, 2.75) is 12.5 Å². The van der Waals surface area contributed by atoms with Crippen LogP contribution in [0.15, 0.2) is 12.1 Å². The van der Waals surface area contributed by atoms with Crippen LogP contribution in [-0.4, -0.2) is 24.4 Å². The van der Waals surface area contributed by atoms with E-state index in [1.807, 2.05) is 0 Å². The molecule has 1 unspecified atom stereocenters. The maximum absolute atomic E-state index is 10.7. The maximum Gasteiger partial charge on any atom is 0.250 e. The molecule has 3 rings (SSSR count). The molecule has 0 aromatic heterocycles. The molecule has 0 fully saturated rings. The highest BCUT2D eigenvalue weighted by molar-refractivity contribution is 5.52. The Labute approximate surface area is 90.9 Å². The van der Waals surface area contributed by atoms with Gasteiger partial charge in [-0.1, -0.05) is 0 Å². The predicted molar refractivity (Wildman–Crippen MR) is 52.5 cm³/mol. The van der Waals surface area contributed by atoms with Crippen LogP contribution in [0.5, 0.6) is 17.2 Å². The minimum Gasteiger partial charge on any atom is -0.486 e. The fourth-order valence-electron chi connectivity index (χ4n) is 1.89. The number of nitrogens with zero attached hydrogens (tertiary/aromatic N) is 1. The van der Waals surface area contributed by atoms with Crippen molar-refractivity contribution < 1.29 is 19.1 Å². The molecular formula is C10H9NO5. The summed E-state index contributed by atoms with van der Waals surface area (Å²) in [5, 5.41) is 10.7. The molecule has 84 valence electrons. The highest BCUT2D eigenvalue weighted by Gasteiger charge is 2.30. The molecule has 0 aliphatic carbocycles. The molecule has 1 aromatic carbocycles. The number of hydrogen-bond donors (Lipinski definition) is 0. The van der Waals surface area contributed by atoms with Gasteiger partial charge in [0, 0.05) is 23.0 Å². The summed E-state index contributed by atoms with van der Waals surface area (Å²) in [7, 11) is 0. The lowest BCUT2D eigenvalue weighted by Crippen LogP contribution is -2.32. The zero-order chi connectivity index (χ0) is 11.1. The van der Waals surface area contributed by atoms with Crippen molar-refractivity contribution in [2.24, 2.45) is 0 Å². The van der Waals surface area contributed by atoms with Crippen LogP contribution < -0.4 is 14.2 Å². The summed E-state index contributed by atoms with van der Waals surface area (Å²) < 4.78 is 15.8. The van der Waals surface area contributed by atoms with E-state index in [0.29, 0.717) is 23.7 Å². The molecule has 1 aromatic rings. The summed E-state index contributed by atoms with van der Waals surface area (Å²) in [6, 6.07) is 2.81. The van der Waals surface area contributed by atoms with Crippen molar-refractivity contribution in [1.82, 2.24) is 0 Å². The van der Waals surface area contributed by atoms with Gasteiger partial charge >= 0.3 is 0 Å². The SMILES string of the molecule is O=[N+]([O-])C1COc2cc3c(cc2C1)OCO3. The zero-order valence-electron chi connectivity index (χ0n) is 8.34. The Morgan fingerprint density at radius 2 is 1.94 bits per heavy atom. The molecule has 6 nitrogen and oxygen atoms in total. The number of hydrogen-bond acceptors (Lipinski definition) is 5. The molecule has 0 radical (unpaired) electrons. The fraction of sp³-hybridized carbons (Fsp3) is 0.400. The highest BCUT2D eigenvalue weighted by atomic mass is 16.7. The van der Waals surface area contributed by atoms with E-state index in [-0.39, 0.29) is 18.3 Å². The molecule has 0 bridgehead atoms. The summed E-state index contributed by atoms with van der Waals surface area (Å²) in [4.78, 5) is 10.4. The van der Waals surface area contributed by atoms with Gasteiger partial charge in [-0.3, -0.25) is 10.1 Å². The first-order valence-corrected chi connectivity index (χ1v) is 4.93. The average molecular weight is 223 g/mol. The molecule has 0 N–H and O–H groups in total. The molecule has 16 heavy (non-hydrogen) atoms. The van der Waals surface area contributed by atoms with Gasteiger partial charge in [0.15, 0.2) is 18.1 Å². The van der Waals surface area contributed by atoms with Gasteiger partial charge in [-0.25, -0.2) is 0 Å². The number of benzene rings is 1. The smallest absolute Gasteiger partial charge is 0.250 e. The largest absolute Gasteiger partial charge is 0.486 e. The normalized spacial score (nSPS) is 21.1. The Morgan fingerprint density at radius 3 is 2.69 bits per heavy atom. The van der Waals surface area contributed by atoms with Crippen molar-refractivity contribution in [3.05, 3.63) is 27.8 Å². The first-order chi connectivity index (χ1) is 7.74. The topological polar surface area (TPSA) is 70.8 Å². The lowest BCUT2D eigenvalue weighted by molar-refractivity contribution is -0.525. The first kappa shape index (κ1) is 9.26. The minimum absolute atomic E-state index is 0.111. The molecule has 2 aliphatic rings. The zero-order valence-corrected chi connectivity index (χ0v) is 8.34. The molecule has 0 spiro atoms. The van der Waals surface area contributed by atoms with E-state index < -0.39 is 6.04 Å². The van der Waals surface area contributed by atoms with E-state index in [2.05, 4.69) is 0 Å². The van der Waals surface area contributed by atoms with Crippen LogP contribution >= 0.6 is 0 Å². The number of fused-ring (bicyclic) bond motifs is 2. The Kier molecular flexibility index (Phi) is 1.89. The minimum atomic E-state index is -0.673. The van der Waals surface area contributed by atoms with Crippen molar-refractivity contribution in [1.29, 1.82) is 0 Å². The van der Waals surface area contributed by atoms with Gasteiger partial charge in [0.2, 0.25) is 6.79 Å². The van der Waals surface area contributed by atoms with E-state index in [4.69, 9.17) is 14.2 Å². The van der Waals surface area contributed by atoms with Crippen molar-refractivity contribution in [3.8, 4) is 17.2 Å². The third kappa shape index (κ3) is 1.34. The molecule has 6 heteroatoms. The van der Waals surface area contributed by atoms with Gasteiger partial charge in [0.05, 0.1) is 0 Å². The molecule has 0 amide bonds. The molecule has 2 aliphatic heterocycles. The molecule has 1 atom stereocenters. The molecule has 2 heterocycles. The highest BCUT2D eigenvalue weighted by Crippen LogP contribution is 2.40. The average Bonchev–Trinajstić information content (AvgIpc) is 2.71. The standard InChI is InChI=1S/C10H9NO5/c12-11(13)7-1-6-2-9-10(16-5-15-9)3-8(6)14-4-7/h2-3,7H,1,4-5H2. The predicted octanol–water partition coefficient (Wildman–Crippen LogP) is 0.995. The van der Waals surface area contributed by atoms with Crippen LogP contribution in [0.3, 0.4) is 0 Å². The van der Waals surface area contributed by atoms with E-state index in [1.165, 1.54) is 0 Å². The maximum atomic E-state index is 10.7. The second-order valence-electron chi connectivity index (χ2n) is 3.77. The third-order valence-electron chi connectivity index (χ3n) is 2.74. The van der Waals surface area contributed by atoms with Crippen LogP contribution in [0.2, 0.25) is 0 Å². The lowest BCUT2D eigenvalue weighted by Gasteiger charge is -2.20. The van der Waals surface area contributed by atoms with Gasteiger partial charge < -0.3 is 14.2 Å².